The topological polar surface area (TPSA) is 95.5 Å². The minimum atomic E-state index is -3.69. The van der Waals surface area contributed by atoms with Crippen LogP contribution in [-0.4, -0.2) is 31.7 Å². The third kappa shape index (κ3) is 5.07. The van der Waals surface area contributed by atoms with Gasteiger partial charge in [-0.3, -0.25) is 0 Å². The monoisotopic (exact) mass is 384 g/mol. The molecule has 0 radical (unpaired) electrons. The summed E-state index contributed by atoms with van der Waals surface area (Å²) in [6, 6.07) is 10.1. The second-order valence-electron chi connectivity index (χ2n) is 6.41. The minimum absolute atomic E-state index is 0.176. The van der Waals surface area contributed by atoms with Crippen LogP contribution in [0.15, 0.2) is 41.3 Å². The molecule has 0 bridgehead atoms. The molecule has 0 unspecified atom stereocenters. The largest absolute Gasteiger partial charge is 0.465 e. The summed E-state index contributed by atoms with van der Waals surface area (Å²) < 4.78 is 27.8. The molecule has 1 amide bonds. The highest BCUT2D eigenvalue weighted by Gasteiger charge is 2.21. The van der Waals surface area contributed by atoms with Crippen molar-refractivity contribution < 1.29 is 18.3 Å². The van der Waals surface area contributed by atoms with Gasteiger partial charge in [0.1, 0.15) is 0 Å². The fraction of sp³-hybridized carbons (Fsp3) is 0.353. The number of hydrogen-bond acceptors (Lipinski definition) is 3. The number of rotatable bonds is 7. The van der Waals surface area contributed by atoms with Gasteiger partial charge in [0.15, 0.2) is 0 Å². The van der Waals surface area contributed by atoms with Gasteiger partial charge in [-0.25, -0.2) is 17.9 Å². The summed E-state index contributed by atoms with van der Waals surface area (Å²) >= 11 is 6.13. The van der Waals surface area contributed by atoms with Crippen molar-refractivity contribution in [2.75, 3.05) is 6.54 Å². The molecule has 0 aliphatic heterocycles. The summed E-state index contributed by atoms with van der Waals surface area (Å²) in [5.74, 6) is 0. The number of nitrogens with one attached hydrogen (secondary N) is 2. The Hall–Kier alpha value is -1.83. The van der Waals surface area contributed by atoms with Gasteiger partial charge < -0.3 is 10.4 Å². The zero-order valence-corrected chi connectivity index (χ0v) is 15.6. The van der Waals surface area contributed by atoms with Crippen LogP contribution in [0.5, 0.6) is 0 Å². The van der Waals surface area contributed by atoms with Gasteiger partial charge in [-0.1, -0.05) is 35.9 Å². The predicted molar refractivity (Wildman–Crippen MR) is 98.6 cm³/mol. The number of carboxylic acid groups (broad SMARTS) is 1. The SMILES string of the molecule is CC(C)(CCCNS(=O)(=O)c1cccc2c(Cl)cccc12)NC(=O)O. The van der Waals surface area contributed by atoms with Gasteiger partial charge in [-0.15, -0.1) is 0 Å². The van der Waals surface area contributed by atoms with E-state index in [9.17, 15) is 13.2 Å². The van der Waals surface area contributed by atoms with Crippen molar-refractivity contribution in [2.24, 2.45) is 0 Å². The van der Waals surface area contributed by atoms with Crippen molar-refractivity contribution in [3.05, 3.63) is 41.4 Å². The standard InChI is InChI=1S/C17H21ClN2O4S/c1-17(2,20-16(21)22)10-5-11-19-25(23,24)15-9-4-6-12-13(15)7-3-8-14(12)18/h3-4,6-9,19-20H,5,10-11H2,1-2H3,(H,21,22). The quantitative estimate of drug-likeness (QED) is 0.635. The second-order valence-corrected chi connectivity index (χ2v) is 8.55. The van der Waals surface area contributed by atoms with Crippen molar-refractivity contribution in [3.63, 3.8) is 0 Å². The third-order valence-electron chi connectivity index (χ3n) is 3.83. The molecule has 8 heteroatoms. The highest BCUT2D eigenvalue weighted by Crippen LogP contribution is 2.28. The Labute approximate surface area is 152 Å². The molecule has 25 heavy (non-hydrogen) atoms. The van der Waals surface area contributed by atoms with Crippen molar-refractivity contribution in [3.8, 4) is 0 Å². The van der Waals surface area contributed by atoms with E-state index in [0.29, 0.717) is 28.6 Å². The summed E-state index contributed by atoms with van der Waals surface area (Å²) in [5, 5.41) is 12.9. The molecule has 0 spiro atoms. The zero-order valence-electron chi connectivity index (χ0n) is 14.0. The lowest BCUT2D eigenvalue weighted by molar-refractivity contribution is 0.180. The molecule has 3 N–H and O–H groups in total. The van der Waals surface area contributed by atoms with Gasteiger partial charge in [0.05, 0.1) is 4.90 Å². The lowest BCUT2D eigenvalue weighted by Crippen LogP contribution is -2.43. The smallest absolute Gasteiger partial charge is 0.405 e. The first-order chi connectivity index (χ1) is 11.6. The van der Waals surface area contributed by atoms with Crippen LogP contribution in [0.25, 0.3) is 10.8 Å². The molecule has 2 aromatic rings. The fourth-order valence-corrected chi connectivity index (χ4v) is 4.18. The van der Waals surface area contributed by atoms with Gasteiger partial charge in [0, 0.05) is 27.9 Å². The maximum Gasteiger partial charge on any atom is 0.405 e. The van der Waals surface area contributed by atoms with E-state index >= 15 is 0 Å². The highest BCUT2D eigenvalue weighted by atomic mass is 35.5. The second kappa shape index (κ2) is 7.59. The van der Waals surface area contributed by atoms with E-state index in [2.05, 4.69) is 10.0 Å². The van der Waals surface area contributed by atoms with Crippen LogP contribution in [0.2, 0.25) is 5.02 Å². The molecule has 2 aromatic carbocycles. The van der Waals surface area contributed by atoms with Crippen LogP contribution in [-0.2, 0) is 10.0 Å². The van der Waals surface area contributed by atoms with Gasteiger partial charge >= 0.3 is 6.09 Å². The molecule has 0 heterocycles. The van der Waals surface area contributed by atoms with Gasteiger partial charge in [-0.05, 0) is 38.8 Å². The van der Waals surface area contributed by atoms with Gasteiger partial charge in [-0.2, -0.15) is 0 Å². The van der Waals surface area contributed by atoms with Crippen LogP contribution in [0.3, 0.4) is 0 Å². The Kier molecular flexibility index (Phi) is 5.92. The number of amides is 1. The lowest BCUT2D eigenvalue weighted by atomic mass is 9.99. The average Bonchev–Trinajstić information content (AvgIpc) is 2.50. The predicted octanol–water partition coefficient (Wildman–Crippen LogP) is 3.60. The molecule has 0 aromatic heterocycles. The lowest BCUT2D eigenvalue weighted by Gasteiger charge is -2.24. The normalized spacial score (nSPS) is 12.3. The molecule has 2 rings (SSSR count). The molecular formula is C17H21ClN2O4S. The van der Waals surface area contributed by atoms with Crippen LogP contribution in [0.4, 0.5) is 4.79 Å². The summed E-state index contributed by atoms with van der Waals surface area (Å²) in [5.41, 5.74) is -0.621. The van der Waals surface area contributed by atoms with E-state index in [1.165, 1.54) is 6.07 Å². The Balaban J connectivity index is 2.08. The number of fused-ring (bicyclic) bond motifs is 1. The molecular weight excluding hydrogens is 364 g/mol. The molecule has 136 valence electrons. The Bertz CT molecular complexity index is 881. The van der Waals surface area contributed by atoms with E-state index in [0.717, 1.165) is 0 Å². The first kappa shape index (κ1) is 19.5. The number of sulfonamides is 1. The van der Waals surface area contributed by atoms with E-state index in [1.54, 1.807) is 44.2 Å². The minimum Gasteiger partial charge on any atom is -0.465 e. The Morgan fingerprint density at radius 3 is 2.48 bits per heavy atom. The summed E-state index contributed by atoms with van der Waals surface area (Å²) in [7, 11) is -3.69. The van der Waals surface area contributed by atoms with E-state index in [4.69, 9.17) is 16.7 Å². The molecule has 0 fully saturated rings. The fourth-order valence-electron chi connectivity index (χ4n) is 2.64. The summed E-state index contributed by atoms with van der Waals surface area (Å²) in [4.78, 5) is 10.9. The van der Waals surface area contributed by atoms with Gasteiger partial charge in [0.2, 0.25) is 10.0 Å². The molecule has 0 saturated heterocycles. The van der Waals surface area contributed by atoms with Crippen LogP contribution < -0.4 is 10.0 Å². The molecule has 0 atom stereocenters. The number of benzene rings is 2. The zero-order chi connectivity index (χ0) is 18.7. The van der Waals surface area contributed by atoms with Crippen molar-refractivity contribution in [1.29, 1.82) is 0 Å². The van der Waals surface area contributed by atoms with E-state index < -0.39 is 21.7 Å². The number of halogens is 1. The van der Waals surface area contributed by atoms with E-state index in [-0.39, 0.29) is 11.4 Å². The van der Waals surface area contributed by atoms with Crippen LogP contribution >= 0.6 is 11.6 Å². The van der Waals surface area contributed by atoms with Crippen molar-refractivity contribution in [2.45, 2.75) is 37.1 Å². The Morgan fingerprint density at radius 2 is 1.80 bits per heavy atom. The van der Waals surface area contributed by atoms with Crippen molar-refractivity contribution in [1.82, 2.24) is 10.0 Å². The Morgan fingerprint density at radius 1 is 1.16 bits per heavy atom. The van der Waals surface area contributed by atoms with Crippen LogP contribution in [0, 0.1) is 0 Å². The van der Waals surface area contributed by atoms with Crippen LogP contribution in [0.1, 0.15) is 26.7 Å². The molecule has 0 saturated carbocycles. The molecule has 6 nitrogen and oxygen atoms in total. The van der Waals surface area contributed by atoms with E-state index in [1.807, 2.05) is 0 Å². The summed E-state index contributed by atoms with van der Waals surface area (Å²) in [6.45, 7) is 3.72. The summed E-state index contributed by atoms with van der Waals surface area (Å²) in [6.07, 6.45) is -0.0977. The highest BCUT2D eigenvalue weighted by molar-refractivity contribution is 7.89. The first-order valence-electron chi connectivity index (χ1n) is 7.80. The average molecular weight is 385 g/mol. The maximum atomic E-state index is 12.6. The third-order valence-corrected chi connectivity index (χ3v) is 5.68. The molecule has 0 aliphatic rings. The number of hydrogen-bond donors (Lipinski definition) is 3. The van der Waals surface area contributed by atoms with Crippen molar-refractivity contribution >= 4 is 38.5 Å². The van der Waals surface area contributed by atoms with Gasteiger partial charge in [0.25, 0.3) is 0 Å². The number of carbonyl (C=O) groups is 1. The maximum absolute atomic E-state index is 12.6. The first-order valence-corrected chi connectivity index (χ1v) is 9.66. The molecule has 0 aliphatic carbocycles.